The van der Waals surface area contributed by atoms with Crippen LogP contribution in [0.25, 0.3) is 0 Å². The maximum Gasteiger partial charge on any atom is 0.0621 e. The monoisotopic (exact) mass is 228 g/mol. The van der Waals surface area contributed by atoms with Crippen molar-refractivity contribution in [3.63, 3.8) is 0 Å². The fraction of sp³-hybridized carbons (Fsp3) is 0.545. The molecule has 3 nitrogen and oxygen atoms in total. The van der Waals surface area contributed by atoms with Crippen molar-refractivity contribution in [3.05, 3.63) is 29.0 Å². The van der Waals surface area contributed by atoms with Gasteiger partial charge < -0.3 is 10.5 Å². The average Bonchev–Trinajstić information content (AvgIpc) is 2.22. The second kappa shape index (κ2) is 6.77. The summed E-state index contributed by atoms with van der Waals surface area (Å²) in [7, 11) is 1.70. The van der Waals surface area contributed by atoms with E-state index in [0.29, 0.717) is 5.02 Å². The van der Waals surface area contributed by atoms with E-state index in [1.54, 1.807) is 19.5 Å². The van der Waals surface area contributed by atoms with Crippen molar-refractivity contribution in [2.45, 2.75) is 25.3 Å². The highest BCUT2D eigenvalue weighted by molar-refractivity contribution is 6.31. The highest BCUT2D eigenvalue weighted by Crippen LogP contribution is 2.15. The molecule has 0 aliphatic rings. The number of methoxy groups -OCH3 is 1. The number of pyridine rings is 1. The molecule has 1 unspecified atom stereocenters. The number of aromatic nitrogens is 1. The Balaban J connectivity index is 2.37. The van der Waals surface area contributed by atoms with Crippen LogP contribution in [-0.2, 0) is 11.2 Å². The van der Waals surface area contributed by atoms with Crippen molar-refractivity contribution < 1.29 is 4.74 Å². The summed E-state index contributed by atoms with van der Waals surface area (Å²) in [5, 5.41) is 0.694. The summed E-state index contributed by atoms with van der Waals surface area (Å²) in [4.78, 5) is 3.93. The molecule has 0 fully saturated rings. The Morgan fingerprint density at radius 2 is 2.40 bits per heavy atom. The molecule has 1 aromatic rings. The Labute approximate surface area is 95.6 Å². The van der Waals surface area contributed by atoms with E-state index < -0.39 is 0 Å². The third-order valence-electron chi connectivity index (χ3n) is 2.26. The fourth-order valence-corrected chi connectivity index (χ4v) is 1.64. The van der Waals surface area contributed by atoms with Crippen molar-refractivity contribution in [1.29, 1.82) is 0 Å². The zero-order valence-corrected chi connectivity index (χ0v) is 9.70. The normalized spacial score (nSPS) is 12.7. The summed E-state index contributed by atoms with van der Waals surface area (Å²) in [5.74, 6) is 0. The van der Waals surface area contributed by atoms with E-state index in [2.05, 4.69) is 4.98 Å². The summed E-state index contributed by atoms with van der Waals surface area (Å²) in [6.45, 7) is 0.762. The number of hydrogen-bond donors (Lipinski definition) is 1. The molecule has 2 N–H and O–H groups in total. The molecule has 0 aromatic carbocycles. The molecule has 4 heteroatoms. The maximum absolute atomic E-state index is 5.99. The van der Waals surface area contributed by atoms with Gasteiger partial charge in [0.1, 0.15) is 0 Å². The molecule has 1 heterocycles. The number of rotatable bonds is 6. The Bertz CT molecular complexity index is 294. The van der Waals surface area contributed by atoms with Gasteiger partial charge in [0.05, 0.1) is 5.02 Å². The van der Waals surface area contributed by atoms with Crippen LogP contribution in [0.4, 0.5) is 0 Å². The number of halogens is 1. The molecule has 0 bridgehead atoms. The summed E-state index contributed by atoms with van der Waals surface area (Å²) in [6.07, 6.45) is 6.12. The van der Waals surface area contributed by atoms with Crippen LogP contribution in [0.2, 0.25) is 5.02 Å². The number of hydrogen-bond acceptors (Lipinski definition) is 3. The van der Waals surface area contributed by atoms with Crippen molar-refractivity contribution in [3.8, 4) is 0 Å². The zero-order chi connectivity index (χ0) is 11.1. The topological polar surface area (TPSA) is 48.1 Å². The van der Waals surface area contributed by atoms with Crippen molar-refractivity contribution >= 4 is 11.6 Å². The quantitative estimate of drug-likeness (QED) is 0.758. The molecular formula is C11H17ClN2O. The van der Waals surface area contributed by atoms with Gasteiger partial charge in [0.25, 0.3) is 0 Å². The third kappa shape index (κ3) is 4.60. The van der Waals surface area contributed by atoms with E-state index in [9.17, 15) is 0 Å². The van der Waals surface area contributed by atoms with E-state index in [4.69, 9.17) is 22.1 Å². The smallest absolute Gasteiger partial charge is 0.0621 e. The molecule has 1 aromatic heterocycles. The van der Waals surface area contributed by atoms with Gasteiger partial charge in [-0.15, -0.1) is 0 Å². The lowest BCUT2D eigenvalue weighted by Crippen LogP contribution is -2.23. The van der Waals surface area contributed by atoms with Crippen LogP contribution in [0.5, 0.6) is 0 Å². The summed E-state index contributed by atoms with van der Waals surface area (Å²) >= 11 is 5.99. The average molecular weight is 229 g/mol. The predicted octanol–water partition coefficient (Wildman–Crippen LogP) is 2.03. The van der Waals surface area contributed by atoms with Crippen molar-refractivity contribution in [2.24, 2.45) is 5.73 Å². The molecule has 1 rings (SSSR count). The van der Waals surface area contributed by atoms with E-state index in [0.717, 1.165) is 31.4 Å². The van der Waals surface area contributed by atoms with Crippen molar-refractivity contribution in [2.75, 3.05) is 13.7 Å². The van der Waals surface area contributed by atoms with E-state index in [-0.39, 0.29) is 6.04 Å². The van der Waals surface area contributed by atoms with Crippen LogP contribution in [0.3, 0.4) is 0 Å². The standard InChI is InChI=1S/C11H17ClN2O/c1-15-6-2-3-10(13)7-9-4-5-14-8-11(9)12/h4-5,8,10H,2-3,6-7,13H2,1H3. The van der Waals surface area contributed by atoms with Gasteiger partial charge in [0.2, 0.25) is 0 Å². The first kappa shape index (κ1) is 12.4. The van der Waals surface area contributed by atoms with Gasteiger partial charge in [-0.25, -0.2) is 0 Å². The second-order valence-electron chi connectivity index (χ2n) is 3.57. The van der Waals surface area contributed by atoms with Crippen LogP contribution in [-0.4, -0.2) is 24.7 Å². The first-order chi connectivity index (χ1) is 7.24. The highest BCUT2D eigenvalue weighted by atomic mass is 35.5. The van der Waals surface area contributed by atoms with E-state index in [1.165, 1.54) is 0 Å². The van der Waals surface area contributed by atoms with Gasteiger partial charge in [-0.1, -0.05) is 11.6 Å². The number of nitrogens with two attached hydrogens (primary N) is 1. The molecular weight excluding hydrogens is 212 g/mol. The summed E-state index contributed by atoms with van der Waals surface area (Å²) in [5.41, 5.74) is 7.05. The molecule has 0 aliphatic carbocycles. The highest BCUT2D eigenvalue weighted by Gasteiger charge is 2.06. The minimum absolute atomic E-state index is 0.139. The number of nitrogens with zero attached hydrogens (tertiary/aromatic N) is 1. The van der Waals surface area contributed by atoms with Gasteiger partial charge in [0.15, 0.2) is 0 Å². The summed E-state index contributed by atoms with van der Waals surface area (Å²) < 4.78 is 4.97. The van der Waals surface area contributed by atoms with Crippen LogP contribution in [0.1, 0.15) is 18.4 Å². The first-order valence-electron chi connectivity index (χ1n) is 5.07. The van der Waals surface area contributed by atoms with Gasteiger partial charge in [-0.2, -0.15) is 0 Å². The molecule has 0 radical (unpaired) electrons. The Kier molecular flexibility index (Phi) is 5.61. The van der Waals surface area contributed by atoms with Gasteiger partial charge in [0, 0.05) is 32.2 Å². The Morgan fingerprint density at radius 3 is 3.07 bits per heavy atom. The predicted molar refractivity (Wildman–Crippen MR) is 62.0 cm³/mol. The lowest BCUT2D eigenvalue weighted by Gasteiger charge is -2.11. The summed E-state index contributed by atoms with van der Waals surface area (Å²) in [6, 6.07) is 2.05. The van der Waals surface area contributed by atoms with Crippen LogP contribution < -0.4 is 5.73 Å². The maximum atomic E-state index is 5.99. The molecule has 0 spiro atoms. The van der Waals surface area contributed by atoms with E-state index >= 15 is 0 Å². The lowest BCUT2D eigenvalue weighted by molar-refractivity contribution is 0.190. The minimum Gasteiger partial charge on any atom is -0.385 e. The first-order valence-corrected chi connectivity index (χ1v) is 5.44. The SMILES string of the molecule is COCCCC(N)Cc1ccncc1Cl. The van der Waals surface area contributed by atoms with Gasteiger partial charge in [-0.05, 0) is 30.9 Å². The molecule has 1 atom stereocenters. The molecule has 15 heavy (non-hydrogen) atoms. The van der Waals surface area contributed by atoms with Crippen LogP contribution >= 0.6 is 11.6 Å². The van der Waals surface area contributed by atoms with E-state index in [1.807, 2.05) is 6.07 Å². The molecule has 0 saturated carbocycles. The molecule has 0 saturated heterocycles. The second-order valence-corrected chi connectivity index (χ2v) is 3.97. The lowest BCUT2D eigenvalue weighted by atomic mass is 10.0. The molecule has 0 aliphatic heterocycles. The van der Waals surface area contributed by atoms with Gasteiger partial charge in [-0.3, -0.25) is 4.98 Å². The fourth-order valence-electron chi connectivity index (χ4n) is 1.44. The molecule has 84 valence electrons. The number of ether oxygens (including phenoxy) is 1. The third-order valence-corrected chi connectivity index (χ3v) is 2.60. The zero-order valence-electron chi connectivity index (χ0n) is 8.95. The Hall–Kier alpha value is -0.640. The van der Waals surface area contributed by atoms with Crippen LogP contribution in [0, 0.1) is 0 Å². The van der Waals surface area contributed by atoms with Crippen molar-refractivity contribution in [1.82, 2.24) is 4.98 Å². The van der Waals surface area contributed by atoms with Gasteiger partial charge >= 0.3 is 0 Å². The van der Waals surface area contributed by atoms with Crippen LogP contribution in [0.15, 0.2) is 18.5 Å². The molecule has 0 amide bonds. The minimum atomic E-state index is 0.139. The Morgan fingerprint density at radius 1 is 1.60 bits per heavy atom. The largest absolute Gasteiger partial charge is 0.385 e.